The Hall–Kier alpha value is -1.49. The second-order valence-corrected chi connectivity index (χ2v) is 1.32. The summed E-state index contributed by atoms with van der Waals surface area (Å²) < 4.78 is 49.3. The minimum absolute atomic E-state index is 0.0881. The molecule has 5 heteroatoms. The van der Waals surface area contributed by atoms with E-state index in [1.807, 2.05) is 0 Å². The first-order valence-corrected chi connectivity index (χ1v) is 2.29. The van der Waals surface area contributed by atoms with E-state index >= 15 is 0 Å². The van der Waals surface area contributed by atoms with Gasteiger partial charge in [-0.2, -0.15) is 0 Å². The molecule has 0 spiro atoms. The van der Waals surface area contributed by atoms with E-state index in [1.54, 1.807) is 0 Å². The van der Waals surface area contributed by atoms with Gasteiger partial charge in [-0.3, -0.25) is 5.40 Å². The number of hydrogen-bond acceptors (Lipinski definition) is 4. The highest BCUT2D eigenvalue weighted by molar-refractivity contribution is 5.91. The summed E-state index contributed by atoms with van der Waals surface area (Å²) in [6, 6.07) is -0.497. The van der Waals surface area contributed by atoms with Gasteiger partial charge in [-0.15, -0.1) is 0 Å². The zero-order valence-electron chi connectivity index (χ0n) is 11.7. The molecule has 1 rings (SSSR count). The molecule has 0 bridgehead atoms. The molecule has 0 radical (unpaired) electrons. The monoisotopic (exact) mass is 151 g/mol. The largest absolute Gasteiger partial charge is 0.306 e. The van der Waals surface area contributed by atoms with E-state index in [2.05, 4.69) is 15.4 Å². The first-order valence-electron chi connectivity index (χ1n) is 5.58. The van der Waals surface area contributed by atoms with Crippen LogP contribution in [0.5, 0.6) is 0 Å². The van der Waals surface area contributed by atoms with E-state index in [-0.39, 0.29) is 11.2 Å². The van der Waals surface area contributed by atoms with E-state index in [9.17, 15) is 0 Å². The molecule has 0 aliphatic carbocycles. The summed E-state index contributed by atoms with van der Waals surface area (Å²) in [6.07, 6.45) is -1.12. The first kappa shape index (κ1) is 2.00. The van der Waals surface area contributed by atoms with Crippen LogP contribution in [0.3, 0.4) is 0 Å². The molecule has 52 valence electrons. The SMILES string of the molecule is [3H]N=C(c1nc([3H])c([3H])c([3H])n1)N([3H])N([3H])[3H]. The summed E-state index contributed by atoms with van der Waals surface area (Å²) >= 11 is 0. The molecule has 1 heterocycles. The van der Waals surface area contributed by atoms with Crippen molar-refractivity contribution in [1.82, 2.24) is 15.4 Å². The fourth-order valence-electron chi connectivity index (χ4n) is 0.357. The Labute approximate surface area is 67.8 Å². The van der Waals surface area contributed by atoms with E-state index in [4.69, 9.17) is 9.76 Å². The Morgan fingerprint density at radius 1 is 2.00 bits per heavy atom. The number of amidine groups is 1. The molecular weight excluding hydrogens is 130 g/mol. The highest BCUT2D eigenvalue weighted by atomic mass is 15.2. The summed E-state index contributed by atoms with van der Waals surface area (Å²) in [5.41, 5.74) is 0.0881. The lowest BCUT2D eigenvalue weighted by Gasteiger charge is -1.97. The van der Waals surface area contributed by atoms with Crippen LogP contribution in [0.25, 0.3) is 0 Å². The molecule has 0 aromatic carbocycles. The maximum atomic E-state index is 7.26. The van der Waals surface area contributed by atoms with Crippen molar-refractivity contribution in [3.8, 4) is 0 Å². The van der Waals surface area contributed by atoms with Gasteiger partial charge in [0.1, 0.15) is 2.82 Å². The third-order valence-electron chi connectivity index (χ3n) is 0.730. The van der Waals surface area contributed by atoms with E-state index in [0.29, 0.717) is 0 Å². The summed E-state index contributed by atoms with van der Waals surface area (Å²) in [5, 5.41) is 2.86. The summed E-state index contributed by atoms with van der Waals surface area (Å²) in [4.78, 5) is 6.90. The minimum atomic E-state index is -0.600. The molecule has 1 aromatic heterocycles. The topological polar surface area (TPSA) is 87.7 Å². The number of nitrogens with one attached hydrogen (secondary N) is 2. The Morgan fingerprint density at radius 2 is 2.80 bits per heavy atom. The van der Waals surface area contributed by atoms with Crippen LogP contribution in [0.15, 0.2) is 18.4 Å². The van der Waals surface area contributed by atoms with Crippen molar-refractivity contribution in [3.63, 3.8) is 0 Å². The van der Waals surface area contributed by atoms with Crippen molar-refractivity contribution in [3.05, 3.63) is 24.2 Å². The Kier molecular flexibility index (Phi) is 0.575. The third kappa shape index (κ3) is 1.26. The van der Waals surface area contributed by atoms with Crippen molar-refractivity contribution in [2.45, 2.75) is 0 Å². The van der Waals surface area contributed by atoms with E-state index < -0.39 is 30.0 Å². The maximum absolute atomic E-state index is 7.26. The van der Waals surface area contributed by atoms with Gasteiger partial charge in [-0.25, -0.2) is 15.8 Å². The molecule has 0 saturated carbocycles. The molecule has 0 saturated heterocycles. The molecular formula is C5H7N5. The fraction of sp³-hybridized carbons (Fsp3) is 0. The number of nitrogens with zero attached hydrogens (tertiary/aromatic N) is 2. The molecule has 0 atom stereocenters. The normalized spacial score (nSPS) is 21.3. The minimum Gasteiger partial charge on any atom is -0.306 e. The van der Waals surface area contributed by atoms with Gasteiger partial charge < -0.3 is 5.42 Å². The average Bonchev–Trinajstić information content (AvgIpc) is 2.26. The number of hydrazine groups is 1. The molecule has 10 heavy (non-hydrogen) atoms. The molecule has 0 aliphatic rings. The number of aromatic nitrogens is 2. The van der Waals surface area contributed by atoms with Gasteiger partial charge in [0.15, 0.2) is 14.5 Å². The second kappa shape index (κ2) is 2.88. The smallest absolute Gasteiger partial charge is 0.196 e. The van der Waals surface area contributed by atoms with Crippen LogP contribution in [-0.4, -0.2) is 15.8 Å². The zero-order valence-corrected chi connectivity index (χ0v) is 4.74. The van der Waals surface area contributed by atoms with Crippen LogP contribution in [0.2, 0.25) is 5.65 Å². The van der Waals surface area contributed by atoms with Crippen LogP contribution in [0.4, 0.5) is 0 Å². The maximum Gasteiger partial charge on any atom is 0.196 e. The van der Waals surface area contributed by atoms with Crippen molar-refractivity contribution >= 4 is 5.84 Å². The summed E-state index contributed by atoms with van der Waals surface area (Å²) in [6.45, 7) is 0. The lowest BCUT2D eigenvalue weighted by atomic mass is 10.5. The molecule has 5 nitrogen and oxygen atoms in total. The highest BCUT2D eigenvalue weighted by Gasteiger charge is 1.97. The molecule has 0 amide bonds. The van der Waals surface area contributed by atoms with E-state index in [0.717, 1.165) is 0 Å². The second-order valence-electron chi connectivity index (χ2n) is 1.32. The molecule has 1 aromatic rings. The van der Waals surface area contributed by atoms with Crippen LogP contribution in [0.1, 0.15) is 9.94 Å². The third-order valence-corrected chi connectivity index (χ3v) is 0.730. The quantitative estimate of drug-likeness (QED) is 0.225. The van der Waals surface area contributed by atoms with Crippen molar-refractivity contribution in [2.75, 3.05) is 0 Å². The van der Waals surface area contributed by atoms with E-state index in [1.165, 1.54) is 0 Å². The predicted molar refractivity (Wildman–Crippen MR) is 36.2 cm³/mol. The van der Waals surface area contributed by atoms with Gasteiger partial charge in [-0.1, -0.05) is 0 Å². The van der Waals surface area contributed by atoms with Crippen LogP contribution < -0.4 is 11.2 Å². The molecule has 0 aliphatic heterocycles. The van der Waals surface area contributed by atoms with Gasteiger partial charge in [-0.05, 0) is 6.04 Å². The standard InChI is InChI=1S/C5H7N5/c6-4(10-7)5-8-2-1-3-9-5/h1-3H,7H2,(H2,6,10)/i1T,2T,3T/hT4. The summed E-state index contributed by atoms with van der Waals surface area (Å²) in [7, 11) is 0. The van der Waals surface area contributed by atoms with Crippen molar-refractivity contribution in [2.24, 2.45) is 5.83 Å². The lowest BCUT2D eigenvalue weighted by Crippen LogP contribution is -2.31. The highest BCUT2D eigenvalue weighted by Crippen LogP contribution is 1.83. The van der Waals surface area contributed by atoms with Gasteiger partial charge in [0, 0.05) is 12.3 Å². The fourth-order valence-corrected chi connectivity index (χ4v) is 0.357. The molecule has 0 unspecified atom stereocenters. The molecule has 0 fully saturated rings. The van der Waals surface area contributed by atoms with Gasteiger partial charge in [0.2, 0.25) is 0 Å². The number of rotatable bonds is 2. The Balaban J connectivity index is 3.23. The Bertz CT molecular complexity index is 425. The van der Waals surface area contributed by atoms with Crippen molar-refractivity contribution in [1.29, 1.82) is 5.40 Å². The average molecular weight is 151 g/mol. The van der Waals surface area contributed by atoms with Crippen LogP contribution in [0, 0.1) is 5.40 Å². The van der Waals surface area contributed by atoms with Gasteiger partial charge >= 0.3 is 0 Å². The lowest BCUT2D eigenvalue weighted by molar-refractivity contribution is 0.976. The summed E-state index contributed by atoms with van der Waals surface area (Å²) in [5.74, 6) is -1.22. The molecule has 4 N–H and O–H groups in total. The van der Waals surface area contributed by atoms with Crippen molar-refractivity contribution < 1.29 is 9.76 Å². The Morgan fingerprint density at radius 3 is 3.40 bits per heavy atom. The number of hydrogen-bond donors (Lipinski definition) is 3. The first-order chi connectivity index (χ1) is 7.88. The zero-order chi connectivity index (χ0) is 13.2. The van der Waals surface area contributed by atoms with Gasteiger partial charge in [0.25, 0.3) is 0 Å². The predicted octanol–water partition coefficient (Wildman–Crippen LogP) is -0.735. The van der Waals surface area contributed by atoms with Crippen LogP contribution >= 0.6 is 0 Å². The van der Waals surface area contributed by atoms with Crippen LogP contribution in [-0.2, 0) is 0 Å². The van der Waals surface area contributed by atoms with Gasteiger partial charge in [0.05, 0.1) is 4.11 Å². The number of nitrogens with two attached hydrogens (primary N) is 1.